The lowest BCUT2D eigenvalue weighted by molar-refractivity contribution is 0.101. The van der Waals surface area contributed by atoms with E-state index in [1.54, 1.807) is 42.8 Å². The highest BCUT2D eigenvalue weighted by molar-refractivity contribution is 6.06. The Bertz CT molecular complexity index is 810. The molecule has 0 spiro atoms. The minimum atomic E-state index is -0.314. The Morgan fingerprint density at radius 2 is 1.91 bits per heavy atom. The number of rotatable bonds is 3. The summed E-state index contributed by atoms with van der Waals surface area (Å²) in [6.45, 7) is 5.11. The smallest absolute Gasteiger partial charge is 0.272 e. The van der Waals surface area contributed by atoms with Crippen molar-refractivity contribution in [3.8, 4) is 6.07 Å². The van der Waals surface area contributed by atoms with Crippen LogP contribution in [0.5, 0.6) is 0 Å². The summed E-state index contributed by atoms with van der Waals surface area (Å²) in [4.78, 5) is 23.9. The van der Waals surface area contributed by atoms with Crippen molar-refractivity contribution in [2.75, 3.05) is 5.32 Å². The second-order valence-corrected chi connectivity index (χ2v) is 5.24. The molecule has 0 aliphatic carbocycles. The van der Waals surface area contributed by atoms with Crippen LogP contribution in [0.2, 0.25) is 0 Å². The summed E-state index contributed by atoms with van der Waals surface area (Å²) < 4.78 is 1.69. The van der Waals surface area contributed by atoms with Crippen LogP contribution in [-0.2, 0) is 7.05 Å². The van der Waals surface area contributed by atoms with Gasteiger partial charge in [-0.2, -0.15) is 5.26 Å². The molecule has 5 nitrogen and oxygen atoms in total. The molecule has 0 aliphatic heterocycles. The van der Waals surface area contributed by atoms with Gasteiger partial charge in [-0.3, -0.25) is 9.59 Å². The van der Waals surface area contributed by atoms with Crippen molar-refractivity contribution in [3.05, 3.63) is 52.3 Å². The van der Waals surface area contributed by atoms with Gasteiger partial charge in [-0.1, -0.05) is 6.07 Å². The number of nitrogens with zero attached hydrogens (tertiary/aromatic N) is 2. The van der Waals surface area contributed by atoms with Crippen LogP contribution in [0, 0.1) is 25.2 Å². The molecule has 0 bridgehead atoms. The molecule has 0 fully saturated rings. The van der Waals surface area contributed by atoms with E-state index in [1.165, 1.54) is 6.92 Å². The van der Waals surface area contributed by atoms with Gasteiger partial charge in [0.15, 0.2) is 5.78 Å². The topological polar surface area (TPSA) is 74.9 Å². The number of Topliss-reactive ketones (excluding diaryl/α,β-unsaturated/α-hetero) is 1. The first-order chi connectivity index (χ1) is 10.3. The molecule has 0 unspecified atom stereocenters. The second-order valence-electron chi connectivity index (χ2n) is 5.24. The Balaban J connectivity index is 2.32. The number of nitrogens with one attached hydrogen (secondary N) is 1. The Labute approximate surface area is 129 Å². The zero-order chi connectivity index (χ0) is 16.4. The molecule has 2 rings (SSSR count). The summed E-state index contributed by atoms with van der Waals surface area (Å²) >= 11 is 0. The number of anilines is 1. The zero-order valence-electron chi connectivity index (χ0n) is 13.0. The number of carbonyl (C=O) groups excluding carboxylic acids is 2. The molecule has 2 aromatic rings. The number of hydrogen-bond acceptors (Lipinski definition) is 3. The Kier molecular flexibility index (Phi) is 4.13. The molecule has 22 heavy (non-hydrogen) atoms. The van der Waals surface area contributed by atoms with Gasteiger partial charge in [0.2, 0.25) is 0 Å². The standard InChI is InChI=1S/C17H17N3O2/c1-10-5-6-14(7-13(10)9-18)19-17(22)16-8-15(12(3)21)11(2)20(16)4/h5-8H,1-4H3,(H,19,22). The Hall–Kier alpha value is -2.87. The van der Waals surface area contributed by atoms with E-state index in [0.717, 1.165) is 11.3 Å². The number of ketones is 1. The molecule has 1 aromatic carbocycles. The van der Waals surface area contributed by atoms with Crippen molar-refractivity contribution in [1.29, 1.82) is 5.26 Å². The van der Waals surface area contributed by atoms with Crippen LogP contribution in [0.25, 0.3) is 0 Å². The Morgan fingerprint density at radius 1 is 1.23 bits per heavy atom. The molecular formula is C17H17N3O2. The molecular weight excluding hydrogens is 278 g/mol. The number of nitriles is 1. The van der Waals surface area contributed by atoms with Crippen LogP contribution in [0.15, 0.2) is 24.3 Å². The third-order valence-corrected chi connectivity index (χ3v) is 3.76. The first-order valence-electron chi connectivity index (χ1n) is 6.84. The molecule has 1 aromatic heterocycles. The maximum atomic E-state index is 12.4. The minimum Gasteiger partial charge on any atom is -0.343 e. The zero-order valence-corrected chi connectivity index (χ0v) is 13.0. The number of aryl methyl sites for hydroxylation is 1. The van der Waals surface area contributed by atoms with Gasteiger partial charge in [-0.15, -0.1) is 0 Å². The van der Waals surface area contributed by atoms with E-state index in [1.807, 2.05) is 6.92 Å². The van der Waals surface area contributed by atoms with Gasteiger partial charge in [0.25, 0.3) is 5.91 Å². The fourth-order valence-corrected chi connectivity index (χ4v) is 2.29. The number of benzene rings is 1. The third kappa shape index (κ3) is 2.77. The highest BCUT2D eigenvalue weighted by Crippen LogP contribution is 2.18. The van der Waals surface area contributed by atoms with E-state index < -0.39 is 0 Å². The number of aromatic nitrogens is 1. The Morgan fingerprint density at radius 3 is 2.45 bits per heavy atom. The molecule has 0 radical (unpaired) electrons. The lowest BCUT2D eigenvalue weighted by atomic mass is 10.1. The summed E-state index contributed by atoms with van der Waals surface area (Å²) in [7, 11) is 1.74. The molecule has 0 aliphatic rings. The predicted molar refractivity (Wildman–Crippen MR) is 84.0 cm³/mol. The average molecular weight is 295 g/mol. The van der Waals surface area contributed by atoms with Gasteiger partial charge in [0.05, 0.1) is 11.6 Å². The van der Waals surface area contributed by atoms with Crippen molar-refractivity contribution >= 4 is 17.4 Å². The number of amides is 1. The van der Waals surface area contributed by atoms with Crippen LogP contribution in [0.1, 0.15) is 44.6 Å². The van der Waals surface area contributed by atoms with E-state index in [-0.39, 0.29) is 11.7 Å². The van der Waals surface area contributed by atoms with Crippen LogP contribution in [0.4, 0.5) is 5.69 Å². The highest BCUT2D eigenvalue weighted by Gasteiger charge is 2.18. The van der Waals surface area contributed by atoms with Crippen molar-refractivity contribution in [2.24, 2.45) is 7.05 Å². The van der Waals surface area contributed by atoms with Crippen LogP contribution in [0.3, 0.4) is 0 Å². The maximum Gasteiger partial charge on any atom is 0.272 e. The first-order valence-corrected chi connectivity index (χ1v) is 6.84. The summed E-state index contributed by atoms with van der Waals surface area (Å²) in [5.41, 5.74) is 3.62. The summed E-state index contributed by atoms with van der Waals surface area (Å²) in [5, 5.41) is 11.8. The lowest BCUT2D eigenvalue weighted by Crippen LogP contribution is -2.16. The summed E-state index contributed by atoms with van der Waals surface area (Å²) in [5.74, 6) is -0.389. The van der Waals surface area contributed by atoms with Crippen LogP contribution < -0.4 is 5.32 Å². The quantitative estimate of drug-likeness (QED) is 0.884. The van der Waals surface area contributed by atoms with E-state index in [9.17, 15) is 9.59 Å². The summed E-state index contributed by atoms with van der Waals surface area (Å²) in [6.07, 6.45) is 0. The normalized spacial score (nSPS) is 10.1. The highest BCUT2D eigenvalue weighted by atomic mass is 16.2. The molecule has 0 saturated heterocycles. The third-order valence-electron chi connectivity index (χ3n) is 3.76. The van der Waals surface area contributed by atoms with E-state index in [2.05, 4.69) is 11.4 Å². The maximum absolute atomic E-state index is 12.4. The first kappa shape index (κ1) is 15.5. The molecule has 0 atom stereocenters. The van der Waals surface area contributed by atoms with Gasteiger partial charge < -0.3 is 9.88 Å². The molecule has 112 valence electrons. The van der Waals surface area contributed by atoms with E-state index >= 15 is 0 Å². The van der Waals surface area contributed by atoms with E-state index in [0.29, 0.717) is 22.5 Å². The fourth-order valence-electron chi connectivity index (χ4n) is 2.29. The molecule has 1 amide bonds. The SMILES string of the molecule is CC(=O)c1cc(C(=O)Nc2ccc(C)c(C#N)c2)n(C)c1C. The van der Waals surface area contributed by atoms with Gasteiger partial charge in [0.1, 0.15) is 5.69 Å². The van der Waals surface area contributed by atoms with Gasteiger partial charge in [-0.25, -0.2) is 0 Å². The van der Waals surface area contributed by atoms with Crippen molar-refractivity contribution in [3.63, 3.8) is 0 Å². The molecule has 1 N–H and O–H groups in total. The second kappa shape index (κ2) is 5.86. The van der Waals surface area contributed by atoms with Crippen molar-refractivity contribution in [2.45, 2.75) is 20.8 Å². The van der Waals surface area contributed by atoms with Crippen LogP contribution in [-0.4, -0.2) is 16.3 Å². The molecule has 0 saturated carbocycles. The average Bonchev–Trinajstić information content (AvgIpc) is 2.77. The summed E-state index contributed by atoms with van der Waals surface area (Å²) in [6, 6.07) is 8.84. The monoisotopic (exact) mass is 295 g/mol. The predicted octanol–water partition coefficient (Wildman–Crippen LogP) is 2.97. The van der Waals surface area contributed by atoms with E-state index in [4.69, 9.17) is 5.26 Å². The number of carbonyl (C=O) groups is 2. The largest absolute Gasteiger partial charge is 0.343 e. The lowest BCUT2D eigenvalue weighted by Gasteiger charge is -2.08. The van der Waals surface area contributed by atoms with Gasteiger partial charge >= 0.3 is 0 Å². The minimum absolute atomic E-state index is 0.0748. The number of hydrogen-bond donors (Lipinski definition) is 1. The van der Waals surface area contributed by atoms with Crippen molar-refractivity contribution < 1.29 is 9.59 Å². The van der Waals surface area contributed by atoms with Crippen LogP contribution >= 0.6 is 0 Å². The van der Waals surface area contributed by atoms with Gasteiger partial charge in [0, 0.05) is 24.0 Å². The fraction of sp³-hybridized carbons (Fsp3) is 0.235. The van der Waals surface area contributed by atoms with Crippen molar-refractivity contribution in [1.82, 2.24) is 4.57 Å². The molecule has 1 heterocycles. The molecule has 5 heteroatoms. The van der Waals surface area contributed by atoms with Gasteiger partial charge in [-0.05, 0) is 44.5 Å².